The zero-order valence-corrected chi connectivity index (χ0v) is 15.9. The summed E-state index contributed by atoms with van der Waals surface area (Å²) in [5, 5.41) is 4.48. The number of halogens is 3. The van der Waals surface area contributed by atoms with Gasteiger partial charge in [0.25, 0.3) is 5.91 Å². The third kappa shape index (κ3) is 3.37. The van der Waals surface area contributed by atoms with Gasteiger partial charge in [-0.2, -0.15) is 0 Å². The lowest BCUT2D eigenvalue weighted by Gasteiger charge is -2.58. The summed E-state index contributed by atoms with van der Waals surface area (Å²) in [4.78, 5) is 12.5. The van der Waals surface area contributed by atoms with E-state index in [1.54, 1.807) is 6.92 Å². The number of anilines is 1. The Bertz CT molecular complexity index is 716. The van der Waals surface area contributed by atoms with Crippen LogP contribution in [0.2, 0.25) is 0 Å². The van der Waals surface area contributed by atoms with Gasteiger partial charge in [-0.15, -0.1) is 0 Å². The van der Waals surface area contributed by atoms with Crippen molar-refractivity contribution in [1.29, 1.82) is 0 Å². The largest absolute Gasteiger partial charge is 0.334 e. The number of hydrogen-bond donors (Lipinski definition) is 2. The second kappa shape index (κ2) is 6.80. The fourth-order valence-electron chi connectivity index (χ4n) is 6.33. The number of benzene rings is 1. The molecule has 0 saturated heterocycles. The van der Waals surface area contributed by atoms with Crippen molar-refractivity contribution in [3.8, 4) is 0 Å². The van der Waals surface area contributed by atoms with Crippen LogP contribution in [-0.4, -0.2) is 18.0 Å². The van der Waals surface area contributed by atoms with E-state index in [2.05, 4.69) is 17.6 Å². The number of quaternary nitrogens is 1. The fourth-order valence-corrected chi connectivity index (χ4v) is 6.33. The van der Waals surface area contributed by atoms with Crippen molar-refractivity contribution in [3.63, 3.8) is 0 Å². The first-order valence-electron chi connectivity index (χ1n) is 10.1. The average molecular weight is 381 g/mol. The Morgan fingerprint density at radius 2 is 1.59 bits per heavy atom. The predicted molar refractivity (Wildman–Crippen MR) is 96.4 cm³/mol. The molecule has 0 radical (unpaired) electrons. The number of carbonyl (C=O) groups is 1. The number of hydrogen-bond acceptors (Lipinski definition) is 1. The summed E-state index contributed by atoms with van der Waals surface area (Å²) in [5.74, 6) is -2.05. The molecule has 4 bridgehead atoms. The van der Waals surface area contributed by atoms with Gasteiger partial charge >= 0.3 is 0 Å². The average Bonchev–Trinajstić information content (AvgIpc) is 2.61. The molecule has 0 aliphatic heterocycles. The Kier molecular flexibility index (Phi) is 4.73. The predicted octanol–water partition coefficient (Wildman–Crippen LogP) is 3.60. The smallest absolute Gasteiger partial charge is 0.282 e. The second-order valence-corrected chi connectivity index (χ2v) is 9.26. The van der Waals surface area contributed by atoms with E-state index in [4.69, 9.17) is 0 Å². The van der Waals surface area contributed by atoms with E-state index in [1.165, 1.54) is 38.5 Å². The van der Waals surface area contributed by atoms with Crippen LogP contribution in [0.25, 0.3) is 0 Å². The second-order valence-electron chi connectivity index (χ2n) is 9.26. The topological polar surface area (TPSA) is 45.7 Å². The highest BCUT2D eigenvalue weighted by atomic mass is 19.2. The molecule has 1 amide bonds. The monoisotopic (exact) mass is 381 g/mol. The van der Waals surface area contributed by atoms with Gasteiger partial charge in [-0.3, -0.25) is 4.79 Å². The van der Waals surface area contributed by atoms with Crippen molar-refractivity contribution < 1.29 is 23.3 Å². The zero-order chi connectivity index (χ0) is 19.3. The van der Waals surface area contributed by atoms with E-state index < -0.39 is 29.4 Å². The SMILES string of the molecule is C[C@H]([NH2+][C@@H](C)C12CC3CC(CC(C3)C1)C2)C(=O)Nc1ccc(F)c(F)c1F. The van der Waals surface area contributed by atoms with Gasteiger partial charge in [0.15, 0.2) is 23.5 Å². The maximum atomic E-state index is 13.8. The van der Waals surface area contributed by atoms with Gasteiger partial charge in [0.2, 0.25) is 0 Å². The van der Waals surface area contributed by atoms with Crippen LogP contribution in [0.5, 0.6) is 0 Å². The molecule has 0 spiro atoms. The summed E-state index contributed by atoms with van der Waals surface area (Å²) in [6.45, 7) is 3.99. The number of rotatable bonds is 5. The molecule has 4 saturated carbocycles. The minimum Gasteiger partial charge on any atom is -0.334 e. The van der Waals surface area contributed by atoms with Crippen LogP contribution in [0, 0.1) is 40.6 Å². The molecule has 3 nitrogen and oxygen atoms in total. The molecular formula is C21H28F3N2O+. The first-order chi connectivity index (χ1) is 12.8. The number of carbonyl (C=O) groups excluding carboxylic acids is 1. The van der Waals surface area contributed by atoms with Crippen molar-refractivity contribution in [2.24, 2.45) is 23.2 Å². The lowest BCUT2D eigenvalue weighted by atomic mass is 9.48. The molecule has 1 aromatic carbocycles. The van der Waals surface area contributed by atoms with E-state index in [0.29, 0.717) is 11.5 Å². The number of amides is 1. The molecule has 5 rings (SSSR count). The van der Waals surface area contributed by atoms with Crippen LogP contribution in [-0.2, 0) is 4.79 Å². The highest BCUT2D eigenvalue weighted by Crippen LogP contribution is 2.60. The highest BCUT2D eigenvalue weighted by Gasteiger charge is 2.54. The van der Waals surface area contributed by atoms with E-state index in [-0.39, 0.29) is 5.69 Å². The molecule has 0 heterocycles. The van der Waals surface area contributed by atoms with Crippen molar-refractivity contribution in [2.45, 2.75) is 64.5 Å². The Labute approximate surface area is 158 Å². The molecular weight excluding hydrogens is 353 g/mol. The van der Waals surface area contributed by atoms with Crippen molar-refractivity contribution >= 4 is 11.6 Å². The Morgan fingerprint density at radius 3 is 2.15 bits per heavy atom. The summed E-state index contributed by atoms with van der Waals surface area (Å²) in [5.41, 5.74) is -0.0158. The zero-order valence-electron chi connectivity index (χ0n) is 15.9. The molecule has 3 N–H and O–H groups in total. The lowest BCUT2D eigenvalue weighted by molar-refractivity contribution is -0.718. The van der Waals surface area contributed by atoms with Gasteiger partial charge in [0.1, 0.15) is 0 Å². The van der Waals surface area contributed by atoms with Crippen molar-refractivity contribution in [3.05, 3.63) is 29.6 Å². The van der Waals surface area contributed by atoms with E-state index in [0.717, 1.165) is 29.9 Å². The first kappa shape index (κ1) is 18.8. The quantitative estimate of drug-likeness (QED) is 0.752. The van der Waals surface area contributed by atoms with Gasteiger partial charge in [0.05, 0.1) is 11.7 Å². The molecule has 27 heavy (non-hydrogen) atoms. The summed E-state index contributed by atoms with van der Waals surface area (Å²) < 4.78 is 40.2. The van der Waals surface area contributed by atoms with Crippen LogP contribution >= 0.6 is 0 Å². The van der Waals surface area contributed by atoms with Gasteiger partial charge in [-0.1, -0.05) is 0 Å². The van der Waals surface area contributed by atoms with Crippen LogP contribution in [0.4, 0.5) is 18.9 Å². The highest BCUT2D eigenvalue weighted by molar-refractivity contribution is 5.93. The fraction of sp³-hybridized carbons (Fsp3) is 0.667. The summed E-state index contributed by atoms with van der Waals surface area (Å²) >= 11 is 0. The normalized spacial score (nSPS) is 33.7. The van der Waals surface area contributed by atoms with Crippen LogP contribution in [0.15, 0.2) is 12.1 Å². The molecule has 4 fully saturated rings. The Balaban J connectivity index is 1.41. The molecule has 4 aliphatic carbocycles. The van der Waals surface area contributed by atoms with Gasteiger partial charge in [-0.05, 0) is 82.3 Å². The molecule has 1 aromatic rings. The van der Waals surface area contributed by atoms with Crippen LogP contribution in [0.3, 0.4) is 0 Å². The van der Waals surface area contributed by atoms with E-state index in [9.17, 15) is 18.0 Å². The van der Waals surface area contributed by atoms with Crippen LogP contribution in [0.1, 0.15) is 52.4 Å². The summed E-state index contributed by atoms with van der Waals surface area (Å²) in [7, 11) is 0. The molecule has 6 heteroatoms. The van der Waals surface area contributed by atoms with E-state index in [1.807, 2.05) is 0 Å². The Morgan fingerprint density at radius 1 is 1.04 bits per heavy atom. The maximum absolute atomic E-state index is 13.8. The minimum atomic E-state index is -1.56. The summed E-state index contributed by atoms with van der Waals surface area (Å²) in [6, 6.07) is 1.75. The number of nitrogens with two attached hydrogens (primary N) is 1. The molecule has 0 unspecified atom stereocenters. The van der Waals surface area contributed by atoms with Gasteiger partial charge < -0.3 is 10.6 Å². The molecule has 4 aliphatic rings. The standard InChI is InChI=1S/C21H27F3N2O/c1-11(20(27)26-17-4-3-16(22)18(23)19(17)24)25-12(2)21-8-13-5-14(9-21)7-15(6-13)10-21/h3-4,11-15,25H,5-10H2,1-2H3,(H,26,27)/p+1/t11-,12-,13?,14?,15?,21?/m0/s1. The summed E-state index contributed by atoms with van der Waals surface area (Å²) in [6.07, 6.45) is 7.88. The first-order valence-corrected chi connectivity index (χ1v) is 10.1. The minimum absolute atomic E-state index is 0.302. The van der Waals surface area contributed by atoms with E-state index >= 15 is 0 Å². The Hall–Kier alpha value is -1.56. The number of nitrogens with one attached hydrogen (secondary N) is 1. The van der Waals surface area contributed by atoms with Crippen LogP contribution < -0.4 is 10.6 Å². The third-order valence-electron chi connectivity index (χ3n) is 7.34. The van der Waals surface area contributed by atoms with Crippen molar-refractivity contribution in [1.82, 2.24) is 0 Å². The lowest BCUT2D eigenvalue weighted by Crippen LogP contribution is -2.98. The van der Waals surface area contributed by atoms with Crippen molar-refractivity contribution in [2.75, 3.05) is 5.32 Å². The maximum Gasteiger partial charge on any atom is 0.282 e. The molecule has 2 atom stereocenters. The molecule has 148 valence electrons. The van der Waals surface area contributed by atoms with Gasteiger partial charge in [-0.25, -0.2) is 13.2 Å². The molecule has 0 aromatic heterocycles. The third-order valence-corrected chi connectivity index (χ3v) is 7.34. The van der Waals surface area contributed by atoms with Gasteiger partial charge in [0, 0.05) is 5.41 Å².